The number of halogens is 1. The van der Waals surface area contributed by atoms with Crippen LogP contribution in [0.1, 0.15) is 114 Å². The minimum Gasteiger partial charge on any atom is -0.389 e. The van der Waals surface area contributed by atoms with Crippen molar-refractivity contribution >= 4 is 17.3 Å². The minimum atomic E-state index is -1.66. The lowest BCUT2D eigenvalue weighted by atomic mass is 9.74. The second-order valence-corrected chi connectivity index (χ2v) is 19.3. The molecular weight excluding hydrogens is 824 g/mol. The van der Waals surface area contributed by atoms with Gasteiger partial charge in [0, 0.05) is 56.0 Å². The molecule has 2 saturated heterocycles. The SMILES string of the molecule is CCCC(C)(O)C(O)C(C)C(=NOCOCCOC)C(C)CC(C)(O)C(O[C@@H]1O[C@H](C)C[C@H](NCc2ccc(Cl)cc2)[C@H]1O)C(C)C(O[C@H]1C[C@@](C)(OC)[C@@H](O)[C@H](C)O1)C(C)C. The first-order valence-corrected chi connectivity index (χ1v) is 22.8. The number of methoxy groups -OCH3 is 2. The van der Waals surface area contributed by atoms with Gasteiger partial charge in [-0.05, 0) is 77.5 Å². The van der Waals surface area contributed by atoms with Crippen LogP contribution in [0.15, 0.2) is 29.4 Å². The maximum absolute atomic E-state index is 12.9. The zero-order chi connectivity index (χ0) is 46.6. The predicted molar refractivity (Wildman–Crippen MR) is 237 cm³/mol. The molecule has 3 rings (SSSR count). The summed E-state index contributed by atoms with van der Waals surface area (Å²) in [5.41, 5.74) is -2.61. The van der Waals surface area contributed by atoms with Crippen LogP contribution in [0.25, 0.3) is 0 Å². The van der Waals surface area contributed by atoms with Gasteiger partial charge in [0.2, 0.25) is 6.79 Å². The number of aliphatic hydroxyl groups is 5. The minimum absolute atomic E-state index is 0.0496. The van der Waals surface area contributed by atoms with Crippen molar-refractivity contribution < 1.29 is 63.5 Å². The molecule has 2 fully saturated rings. The molecule has 2 aliphatic rings. The van der Waals surface area contributed by atoms with E-state index in [4.69, 9.17) is 49.6 Å². The molecule has 62 heavy (non-hydrogen) atoms. The second kappa shape index (κ2) is 24.8. The first-order valence-electron chi connectivity index (χ1n) is 22.4. The van der Waals surface area contributed by atoms with Crippen molar-refractivity contribution in [3.8, 4) is 0 Å². The monoisotopic (exact) mass is 905 g/mol. The van der Waals surface area contributed by atoms with E-state index in [-0.39, 0.29) is 38.3 Å². The fourth-order valence-corrected chi connectivity index (χ4v) is 9.31. The van der Waals surface area contributed by atoms with E-state index in [0.29, 0.717) is 43.1 Å². The largest absolute Gasteiger partial charge is 0.389 e. The number of nitrogens with zero attached hydrogens (tertiary/aromatic N) is 1. The van der Waals surface area contributed by atoms with Gasteiger partial charge >= 0.3 is 0 Å². The molecule has 1 aromatic carbocycles. The van der Waals surface area contributed by atoms with Gasteiger partial charge in [-0.15, -0.1) is 0 Å². The molecule has 0 spiro atoms. The van der Waals surface area contributed by atoms with Gasteiger partial charge < -0.3 is 68.8 Å². The molecule has 0 aromatic heterocycles. The van der Waals surface area contributed by atoms with Crippen LogP contribution < -0.4 is 5.32 Å². The number of hydrogen-bond donors (Lipinski definition) is 6. The maximum atomic E-state index is 12.9. The molecule has 0 amide bonds. The van der Waals surface area contributed by atoms with E-state index in [9.17, 15) is 25.5 Å². The van der Waals surface area contributed by atoms with Gasteiger partial charge in [-0.3, -0.25) is 0 Å². The summed E-state index contributed by atoms with van der Waals surface area (Å²) in [5, 5.41) is 67.1. The van der Waals surface area contributed by atoms with Crippen LogP contribution in [-0.4, -0.2) is 144 Å². The van der Waals surface area contributed by atoms with Crippen LogP contribution in [0.5, 0.6) is 0 Å². The first kappa shape index (κ1) is 54.8. The van der Waals surface area contributed by atoms with Crippen molar-refractivity contribution in [1.82, 2.24) is 5.32 Å². The molecule has 2 aliphatic heterocycles. The molecular formula is C46H81ClN2O13. The molecule has 1 aromatic rings. The Morgan fingerprint density at radius 3 is 2.26 bits per heavy atom. The van der Waals surface area contributed by atoms with E-state index in [1.807, 2.05) is 72.7 Å². The smallest absolute Gasteiger partial charge is 0.216 e. The molecule has 15 nitrogen and oxygen atoms in total. The number of hydrogen-bond acceptors (Lipinski definition) is 15. The van der Waals surface area contributed by atoms with Gasteiger partial charge in [0.1, 0.15) is 12.2 Å². The summed E-state index contributed by atoms with van der Waals surface area (Å²) in [6.45, 7) is 21.3. The Labute approximate surface area is 376 Å². The quantitative estimate of drug-likeness (QED) is 0.0292. The van der Waals surface area contributed by atoms with Crippen LogP contribution >= 0.6 is 11.6 Å². The predicted octanol–water partition coefficient (Wildman–Crippen LogP) is 5.58. The number of ether oxygens (including phenoxy) is 7. The first-order chi connectivity index (χ1) is 29.0. The van der Waals surface area contributed by atoms with Gasteiger partial charge in [0.15, 0.2) is 12.6 Å². The molecule has 2 heterocycles. The van der Waals surface area contributed by atoms with E-state index in [2.05, 4.69) is 10.5 Å². The third kappa shape index (κ3) is 15.3. The highest BCUT2D eigenvalue weighted by atomic mass is 35.5. The zero-order valence-corrected chi connectivity index (χ0v) is 40.3. The molecule has 0 radical (unpaired) electrons. The lowest BCUT2D eigenvalue weighted by Crippen LogP contribution is -2.60. The van der Waals surface area contributed by atoms with Gasteiger partial charge in [-0.25, -0.2) is 0 Å². The highest BCUT2D eigenvalue weighted by molar-refractivity contribution is 6.30. The van der Waals surface area contributed by atoms with Gasteiger partial charge in [-0.2, -0.15) is 0 Å². The van der Waals surface area contributed by atoms with Crippen LogP contribution in [0.3, 0.4) is 0 Å². The molecule has 0 aliphatic carbocycles. The lowest BCUT2D eigenvalue weighted by molar-refractivity contribution is -0.315. The van der Waals surface area contributed by atoms with Crippen molar-refractivity contribution in [2.75, 3.05) is 34.2 Å². The average molecular weight is 906 g/mol. The standard InChI is InChI=1S/C46H81ClN2O13/c1-14-19-44(9,53)40(51)30(6)37(49-58-26-57-21-20-55-12)28(4)23-45(10,54)42(31(7)39(27(2)3)61-36-24-46(11,56-13)41(52)32(8)60-36)62-43-38(50)35(22-29(5)59-43)48-25-33-15-17-34(47)18-16-33/h15-18,27-32,35-36,38-43,48,50-54H,14,19-26H2,1-13H3/t28?,29-,30?,31?,32+,35+,36+,38-,39?,40?,41+,42?,43+,44?,45?,46-/m1/s1. The summed E-state index contributed by atoms with van der Waals surface area (Å²) < 4.78 is 42.5. The Morgan fingerprint density at radius 2 is 1.66 bits per heavy atom. The Balaban J connectivity index is 2.03. The summed E-state index contributed by atoms with van der Waals surface area (Å²) in [6.07, 6.45) is -5.78. The summed E-state index contributed by atoms with van der Waals surface area (Å²) in [5.74, 6) is -1.91. The lowest BCUT2D eigenvalue weighted by Gasteiger charge is -2.48. The number of benzene rings is 1. The van der Waals surface area contributed by atoms with Gasteiger partial charge in [-0.1, -0.05) is 76.9 Å². The van der Waals surface area contributed by atoms with Crippen LogP contribution in [0.2, 0.25) is 5.02 Å². The molecule has 16 atom stereocenters. The Bertz CT molecular complexity index is 1470. The molecule has 0 bridgehead atoms. The van der Waals surface area contributed by atoms with E-state index >= 15 is 0 Å². The Morgan fingerprint density at radius 1 is 1.00 bits per heavy atom. The third-order valence-electron chi connectivity index (χ3n) is 12.8. The van der Waals surface area contributed by atoms with Gasteiger partial charge in [0.25, 0.3) is 0 Å². The van der Waals surface area contributed by atoms with Crippen molar-refractivity contribution in [3.05, 3.63) is 34.9 Å². The molecule has 16 heteroatoms. The Kier molecular flexibility index (Phi) is 21.9. The van der Waals surface area contributed by atoms with Crippen molar-refractivity contribution in [1.29, 1.82) is 0 Å². The van der Waals surface area contributed by atoms with Crippen molar-refractivity contribution in [2.24, 2.45) is 28.8 Å². The number of nitrogens with one attached hydrogen (secondary N) is 1. The molecule has 0 saturated carbocycles. The molecule has 8 unspecified atom stereocenters. The summed E-state index contributed by atoms with van der Waals surface area (Å²) in [4.78, 5) is 5.62. The molecule has 360 valence electrons. The summed E-state index contributed by atoms with van der Waals surface area (Å²) >= 11 is 6.12. The van der Waals surface area contributed by atoms with E-state index in [1.54, 1.807) is 41.9 Å². The topological polar surface area (TPSA) is 199 Å². The highest BCUT2D eigenvalue weighted by Gasteiger charge is 2.50. The Hall–Kier alpha value is -1.54. The van der Waals surface area contributed by atoms with Crippen molar-refractivity contribution in [3.63, 3.8) is 0 Å². The van der Waals surface area contributed by atoms with Crippen LogP contribution in [0, 0.1) is 23.7 Å². The van der Waals surface area contributed by atoms with E-state index in [1.165, 1.54) is 0 Å². The summed E-state index contributed by atoms with van der Waals surface area (Å²) in [6, 6.07) is 7.08. The van der Waals surface area contributed by atoms with Crippen LogP contribution in [-0.2, 0) is 44.5 Å². The maximum Gasteiger partial charge on any atom is 0.216 e. The third-order valence-corrected chi connectivity index (χ3v) is 13.0. The average Bonchev–Trinajstić information content (AvgIpc) is 3.20. The second-order valence-electron chi connectivity index (χ2n) is 18.8. The van der Waals surface area contributed by atoms with Crippen molar-refractivity contribution in [2.45, 2.75) is 193 Å². The summed E-state index contributed by atoms with van der Waals surface area (Å²) in [7, 11) is 3.12. The van der Waals surface area contributed by atoms with E-state index in [0.717, 1.165) is 5.56 Å². The normalized spacial score (nSPS) is 31.1. The van der Waals surface area contributed by atoms with Crippen LogP contribution in [0.4, 0.5) is 0 Å². The van der Waals surface area contributed by atoms with E-state index < -0.39 is 89.8 Å². The number of aliphatic hydroxyl groups excluding tert-OH is 3. The number of rotatable bonds is 26. The fraction of sp³-hybridized carbons (Fsp3) is 0.848. The molecule has 6 N–H and O–H groups in total. The fourth-order valence-electron chi connectivity index (χ4n) is 9.19. The number of oxime groups is 1. The van der Waals surface area contributed by atoms with Gasteiger partial charge in [0.05, 0.1) is 66.2 Å². The zero-order valence-electron chi connectivity index (χ0n) is 39.6. The highest BCUT2D eigenvalue weighted by Crippen LogP contribution is 2.40.